The molecule has 0 atom stereocenters. The fourth-order valence-electron chi connectivity index (χ4n) is 2.09. The molecule has 0 aliphatic heterocycles. The lowest BCUT2D eigenvalue weighted by Crippen LogP contribution is -2.46. The van der Waals surface area contributed by atoms with Gasteiger partial charge in [0.2, 0.25) is 0 Å². The van der Waals surface area contributed by atoms with E-state index in [4.69, 9.17) is 5.73 Å². The molecule has 1 aromatic rings. The van der Waals surface area contributed by atoms with Gasteiger partial charge in [-0.3, -0.25) is 4.79 Å². The van der Waals surface area contributed by atoms with Gasteiger partial charge in [-0.25, -0.2) is 0 Å². The Morgan fingerprint density at radius 2 is 2.27 bits per heavy atom. The van der Waals surface area contributed by atoms with Crippen LogP contribution in [0.3, 0.4) is 0 Å². The topological polar surface area (TPSA) is 73.8 Å². The lowest BCUT2D eigenvalue weighted by molar-refractivity contribution is -0.123. The van der Waals surface area contributed by atoms with Crippen molar-refractivity contribution in [3.8, 4) is 0 Å². The third-order valence-electron chi connectivity index (χ3n) is 3.04. The van der Waals surface area contributed by atoms with E-state index in [9.17, 15) is 4.79 Å². The minimum absolute atomic E-state index is 0.0977. The predicted molar refractivity (Wildman–Crippen MR) is 55.1 cm³/mol. The zero-order valence-electron chi connectivity index (χ0n) is 8.94. The van der Waals surface area contributed by atoms with Crippen molar-refractivity contribution in [3.05, 3.63) is 11.9 Å². The van der Waals surface area contributed by atoms with Crippen LogP contribution in [0.25, 0.3) is 0 Å². The second-order valence-corrected chi connectivity index (χ2v) is 4.29. The number of carbonyl (C=O) groups excluding carboxylic acids is 1. The molecule has 0 bridgehead atoms. The molecule has 1 aliphatic carbocycles. The van der Waals surface area contributed by atoms with Gasteiger partial charge < -0.3 is 5.73 Å². The minimum Gasteiger partial charge on any atom is -0.319 e. The summed E-state index contributed by atoms with van der Waals surface area (Å²) in [4.78, 5) is 13.4. The standard InChI is InChI=1S/C10H16N4O/c1-14-12-7-8(13-14)6-9(15)10(11)4-2-3-5-10/h7H,2-6,11H2,1H3. The number of aromatic nitrogens is 3. The molecule has 2 rings (SSSR count). The Kier molecular flexibility index (Phi) is 2.56. The highest BCUT2D eigenvalue weighted by atomic mass is 16.1. The molecule has 0 radical (unpaired) electrons. The van der Waals surface area contributed by atoms with Gasteiger partial charge in [-0.2, -0.15) is 15.0 Å². The molecular formula is C10H16N4O. The molecule has 82 valence electrons. The number of nitrogens with two attached hydrogens (primary N) is 1. The first-order valence-electron chi connectivity index (χ1n) is 5.27. The molecule has 1 saturated carbocycles. The second kappa shape index (κ2) is 3.73. The first-order chi connectivity index (χ1) is 7.10. The normalized spacial score (nSPS) is 19.3. The molecule has 5 heteroatoms. The largest absolute Gasteiger partial charge is 0.319 e. The van der Waals surface area contributed by atoms with Gasteiger partial charge in [0.15, 0.2) is 5.78 Å². The number of nitrogens with zero attached hydrogens (tertiary/aromatic N) is 3. The summed E-state index contributed by atoms with van der Waals surface area (Å²) in [6, 6.07) is 0. The van der Waals surface area contributed by atoms with Gasteiger partial charge >= 0.3 is 0 Å². The van der Waals surface area contributed by atoms with E-state index in [1.165, 1.54) is 4.80 Å². The third kappa shape index (κ3) is 2.07. The molecular weight excluding hydrogens is 192 g/mol. The molecule has 15 heavy (non-hydrogen) atoms. The van der Waals surface area contributed by atoms with Gasteiger partial charge in [0.25, 0.3) is 0 Å². The van der Waals surface area contributed by atoms with Gasteiger partial charge in [-0.15, -0.1) is 0 Å². The van der Waals surface area contributed by atoms with Crippen LogP contribution >= 0.6 is 0 Å². The molecule has 1 aromatic heterocycles. The first kappa shape index (κ1) is 10.3. The van der Waals surface area contributed by atoms with Crippen LogP contribution < -0.4 is 5.73 Å². The molecule has 0 unspecified atom stereocenters. The Labute approximate surface area is 88.6 Å². The number of hydrogen-bond donors (Lipinski definition) is 1. The van der Waals surface area contributed by atoms with E-state index in [0.717, 1.165) is 25.7 Å². The Morgan fingerprint density at radius 3 is 2.80 bits per heavy atom. The Hall–Kier alpha value is -1.23. The molecule has 1 heterocycles. The van der Waals surface area contributed by atoms with Crippen LogP contribution in [0.2, 0.25) is 0 Å². The molecule has 2 N–H and O–H groups in total. The molecule has 5 nitrogen and oxygen atoms in total. The number of ketones is 1. The van der Waals surface area contributed by atoms with Crippen molar-refractivity contribution < 1.29 is 4.79 Å². The van der Waals surface area contributed by atoms with Gasteiger partial charge in [-0.1, -0.05) is 12.8 Å². The quantitative estimate of drug-likeness (QED) is 0.770. The lowest BCUT2D eigenvalue weighted by atomic mass is 9.91. The maximum atomic E-state index is 11.9. The van der Waals surface area contributed by atoms with E-state index in [1.807, 2.05) is 0 Å². The minimum atomic E-state index is -0.600. The van der Waals surface area contributed by atoms with Crippen LogP contribution in [-0.4, -0.2) is 26.3 Å². The summed E-state index contributed by atoms with van der Waals surface area (Å²) >= 11 is 0. The van der Waals surface area contributed by atoms with E-state index in [-0.39, 0.29) is 5.78 Å². The molecule has 0 amide bonds. The summed E-state index contributed by atoms with van der Waals surface area (Å²) in [7, 11) is 1.74. The van der Waals surface area contributed by atoms with Crippen molar-refractivity contribution >= 4 is 5.78 Å². The van der Waals surface area contributed by atoms with E-state index < -0.39 is 5.54 Å². The lowest BCUT2D eigenvalue weighted by Gasteiger charge is -2.20. The summed E-state index contributed by atoms with van der Waals surface area (Å²) in [6.45, 7) is 0. The fraction of sp³-hybridized carbons (Fsp3) is 0.700. The van der Waals surface area contributed by atoms with Crippen LogP contribution in [0.1, 0.15) is 31.4 Å². The average molecular weight is 208 g/mol. The Bertz CT molecular complexity index is 365. The summed E-state index contributed by atoms with van der Waals surface area (Å²) in [6.07, 6.45) is 5.67. The van der Waals surface area contributed by atoms with E-state index in [1.54, 1.807) is 13.2 Å². The van der Waals surface area contributed by atoms with Gasteiger partial charge in [0, 0.05) is 7.05 Å². The van der Waals surface area contributed by atoms with Crippen molar-refractivity contribution in [2.75, 3.05) is 0 Å². The summed E-state index contributed by atoms with van der Waals surface area (Å²) in [5.41, 5.74) is 6.16. The van der Waals surface area contributed by atoms with Crippen LogP contribution in [0.5, 0.6) is 0 Å². The third-order valence-corrected chi connectivity index (χ3v) is 3.04. The van der Waals surface area contributed by atoms with Crippen LogP contribution in [0, 0.1) is 0 Å². The predicted octanol–water partition coefficient (Wildman–Crippen LogP) is 0.198. The van der Waals surface area contributed by atoms with Gasteiger partial charge in [-0.05, 0) is 12.8 Å². The fourth-order valence-corrected chi connectivity index (χ4v) is 2.09. The van der Waals surface area contributed by atoms with E-state index in [0.29, 0.717) is 12.1 Å². The average Bonchev–Trinajstić information content (AvgIpc) is 2.76. The highest BCUT2D eigenvalue weighted by Crippen LogP contribution is 2.28. The number of Topliss-reactive ketones (excluding diaryl/α,β-unsaturated/α-hetero) is 1. The maximum Gasteiger partial charge on any atom is 0.158 e. The molecule has 1 fully saturated rings. The van der Waals surface area contributed by atoms with E-state index >= 15 is 0 Å². The summed E-state index contributed by atoms with van der Waals surface area (Å²) < 4.78 is 0. The molecule has 0 saturated heterocycles. The van der Waals surface area contributed by atoms with Crippen molar-refractivity contribution in [3.63, 3.8) is 0 Å². The van der Waals surface area contributed by atoms with Crippen molar-refractivity contribution in [1.82, 2.24) is 15.0 Å². The highest BCUT2D eigenvalue weighted by Gasteiger charge is 2.36. The second-order valence-electron chi connectivity index (χ2n) is 4.29. The number of rotatable bonds is 3. The maximum absolute atomic E-state index is 11.9. The van der Waals surface area contributed by atoms with Crippen molar-refractivity contribution in [2.45, 2.75) is 37.6 Å². The zero-order chi connectivity index (χ0) is 10.9. The number of aryl methyl sites for hydroxylation is 1. The van der Waals surface area contributed by atoms with Crippen LogP contribution in [0.4, 0.5) is 0 Å². The van der Waals surface area contributed by atoms with E-state index in [2.05, 4.69) is 10.2 Å². The van der Waals surface area contributed by atoms with Crippen molar-refractivity contribution in [1.29, 1.82) is 0 Å². The molecule has 0 spiro atoms. The Morgan fingerprint density at radius 1 is 1.60 bits per heavy atom. The smallest absolute Gasteiger partial charge is 0.158 e. The molecule has 0 aromatic carbocycles. The monoisotopic (exact) mass is 208 g/mol. The van der Waals surface area contributed by atoms with Crippen LogP contribution in [0.15, 0.2) is 6.20 Å². The number of carbonyl (C=O) groups is 1. The first-order valence-corrected chi connectivity index (χ1v) is 5.27. The zero-order valence-corrected chi connectivity index (χ0v) is 8.94. The SMILES string of the molecule is Cn1ncc(CC(=O)C2(N)CCCC2)n1. The van der Waals surface area contributed by atoms with Gasteiger partial charge in [0.05, 0.1) is 23.9 Å². The van der Waals surface area contributed by atoms with Crippen molar-refractivity contribution in [2.24, 2.45) is 12.8 Å². The summed E-state index contributed by atoms with van der Waals surface area (Å²) in [5, 5.41) is 8.01. The van der Waals surface area contributed by atoms with Gasteiger partial charge in [0.1, 0.15) is 0 Å². The highest BCUT2D eigenvalue weighted by molar-refractivity contribution is 5.89. The molecule has 1 aliphatic rings. The summed E-state index contributed by atoms with van der Waals surface area (Å²) in [5.74, 6) is 0.0977. The Balaban J connectivity index is 2.03. The number of hydrogen-bond acceptors (Lipinski definition) is 4. The van der Waals surface area contributed by atoms with Crippen LogP contribution in [-0.2, 0) is 18.3 Å².